The largest absolute Gasteiger partial charge is 0.431 e. The average molecular weight is 444 g/mol. The average Bonchev–Trinajstić information content (AvgIpc) is 3.35. The Morgan fingerprint density at radius 1 is 1.17 bits per heavy atom. The second-order valence-corrected chi connectivity index (χ2v) is 9.48. The van der Waals surface area contributed by atoms with Gasteiger partial charge in [-0.1, -0.05) is 35.5 Å². The Balaban J connectivity index is 1.17. The summed E-state index contributed by atoms with van der Waals surface area (Å²) < 4.78 is 6.91. The number of piperidine rings is 1. The van der Waals surface area contributed by atoms with E-state index in [1.54, 1.807) is 29.5 Å². The van der Waals surface area contributed by atoms with Crippen molar-refractivity contribution in [3.63, 3.8) is 0 Å². The number of carbonyl (C=O) groups is 1. The van der Waals surface area contributed by atoms with Crippen molar-refractivity contribution in [2.45, 2.75) is 24.0 Å². The van der Waals surface area contributed by atoms with Crippen LogP contribution < -0.4 is 0 Å². The minimum absolute atomic E-state index is 0.123. The molecule has 2 aromatic heterocycles. The van der Waals surface area contributed by atoms with Gasteiger partial charge in [-0.05, 0) is 43.2 Å². The zero-order valence-corrected chi connectivity index (χ0v) is 17.9. The number of hydrogen-bond donors (Lipinski definition) is 0. The number of rotatable bonds is 4. The van der Waals surface area contributed by atoms with Crippen molar-refractivity contribution < 1.29 is 9.21 Å². The van der Waals surface area contributed by atoms with Crippen LogP contribution in [0.3, 0.4) is 0 Å². The van der Waals surface area contributed by atoms with Gasteiger partial charge >= 0.3 is 0 Å². The van der Waals surface area contributed by atoms with E-state index in [0.717, 1.165) is 31.4 Å². The van der Waals surface area contributed by atoms with E-state index in [-0.39, 0.29) is 5.91 Å². The van der Waals surface area contributed by atoms with E-state index in [1.165, 1.54) is 21.5 Å². The van der Waals surface area contributed by atoms with Gasteiger partial charge < -0.3 is 9.32 Å². The van der Waals surface area contributed by atoms with Crippen molar-refractivity contribution >= 4 is 61.9 Å². The molecule has 8 heteroatoms. The molecule has 1 aliphatic rings. The van der Waals surface area contributed by atoms with Gasteiger partial charge in [-0.3, -0.25) is 4.79 Å². The number of fused-ring (bicyclic) bond motifs is 2. The van der Waals surface area contributed by atoms with Gasteiger partial charge in [-0.25, -0.2) is 9.97 Å². The quantitative estimate of drug-likeness (QED) is 0.385. The lowest BCUT2D eigenvalue weighted by atomic mass is 9.97. The van der Waals surface area contributed by atoms with Gasteiger partial charge in [0.1, 0.15) is 5.52 Å². The van der Waals surface area contributed by atoms with E-state index < -0.39 is 0 Å². The summed E-state index contributed by atoms with van der Waals surface area (Å²) in [6.45, 7) is 1.53. The molecule has 148 valence electrons. The number of oxazole rings is 1. The van der Waals surface area contributed by atoms with Crippen LogP contribution in [-0.2, 0) is 4.79 Å². The summed E-state index contributed by atoms with van der Waals surface area (Å²) in [5.41, 5.74) is 2.46. The van der Waals surface area contributed by atoms with Crippen molar-refractivity contribution in [3.8, 4) is 0 Å². The van der Waals surface area contributed by atoms with Crippen LogP contribution in [0, 0.1) is 0 Å². The van der Waals surface area contributed by atoms with Crippen LogP contribution >= 0.6 is 34.7 Å². The third-order valence-corrected chi connectivity index (χ3v) is 7.40. The van der Waals surface area contributed by atoms with Crippen molar-refractivity contribution in [1.29, 1.82) is 0 Å². The van der Waals surface area contributed by atoms with Crippen LogP contribution in [0.15, 0.2) is 52.1 Å². The van der Waals surface area contributed by atoms with E-state index in [9.17, 15) is 4.79 Å². The first-order chi connectivity index (χ1) is 14.2. The first-order valence-corrected chi connectivity index (χ1v) is 11.7. The van der Waals surface area contributed by atoms with Crippen LogP contribution in [0.5, 0.6) is 0 Å². The number of carbonyl (C=O) groups excluding carboxylic acids is 1. The third-order valence-electron chi connectivity index (χ3n) is 5.16. The van der Waals surface area contributed by atoms with Crippen molar-refractivity contribution in [2.75, 3.05) is 18.8 Å². The van der Waals surface area contributed by atoms with E-state index in [4.69, 9.17) is 21.0 Å². The van der Waals surface area contributed by atoms with Gasteiger partial charge in [0.05, 0.1) is 21.0 Å². The monoisotopic (exact) mass is 443 g/mol. The third kappa shape index (κ3) is 3.99. The number of hydrogen-bond acceptors (Lipinski definition) is 6. The maximum Gasteiger partial charge on any atom is 0.257 e. The molecule has 0 saturated carbocycles. The standard InChI is InChI=1S/C21H18ClN3O2S2/c22-14-5-6-17-16(11-14)24-21(27-17)28-12-19(26)25-9-7-13(8-10-25)20-23-15-3-1-2-4-18(15)29-20/h1-6,11,13H,7-10,12H2. The lowest BCUT2D eigenvalue weighted by molar-refractivity contribution is -0.129. The molecule has 5 rings (SSSR count). The molecule has 0 atom stereocenters. The number of aromatic nitrogens is 2. The van der Waals surface area contributed by atoms with E-state index in [2.05, 4.69) is 23.2 Å². The number of halogens is 1. The van der Waals surface area contributed by atoms with Crippen LogP contribution in [0.2, 0.25) is 5.02 Å². The van der Waals surface area contributed by atoms with E-state index in [1.807, 2.05) is 11.0 Å². The zero-order valence-electron chi connectivity index (χ0n) is 15.5. The topological polar surface area (TPSA) is 59.2 Å². The summed E-state index contributed by atoms with van der Waals surface area (Å²) >= 11 is 9.09. The van der Waals surface area contributed by atoms with Crippen molar-refractivity contribution in [3.05, 3.63) is 52.5 Å². The fraction of sp³-hybridized carbons (Fsp3) is 0.286. The summed E-state index contributed by atoms with van der Waals surface area (Å²) in [4.78, 5) is 23.8. The number of thioether (sulfide) groups is 1. The molecule has 1 amide bonds. The highest BCUT2D eigenvalue weighted by Crippen LogP contribution is 2.34. The Bertz CT molecular complexity index is 1150. The fourth-order valence-electron chi connectivity index (χ4n) is 3.60. The SMILES string of the molecule is O=C(CSc1nc2cc(Cl)ccc2o1)N1CCC(c2nc3ccccc3s2)CC1. The van der Waals surface area contributed by atoms with Crippen LogP contribution in [0.25, 0.3) is 21.3 Å². The number of amides is 1. The van der Waals surface area contributed by atoms with Crippen LogP contribution in [-0.4, -0.2) is 39.6 Å². The highest BCUT2D eigenvalue weighted by atomic mass is 35.5. The lowest BCUT2D eigenvalue weighted by Crippen LogP contribution is -2.38. The smallest absolute Gasteiger partial charge is 0.257 e. The van der Waals surface area contributed by atoms with Gasteiger partial charge in [0, 0.05) is 24.0 Å². The minimum Gasteiger partial charge on any atom is -0.431 e. The molecule has 0 unspecified atom stereocenters. The minimum atomic E-state index is 0.123. The van der Waals surface area contributed by atoms with Gasteiger partial charge in [-0.15, -0.1) is 11.3 Å². The molecule has 0 bridgehead atoms. The highest BCUT2D eigenvalue weighted by molar-refractivity contribution is 7.99. The molecule has 2 aromatic carbocycles. The maximum atomic E-state index is 12.6. The van der Waals surface area contributed by atoms with Crippen LogP contribution in [0.4, 0.5) is 0 Å². The summed E-state index contributed by atoms with van der Waals surface area (Å²) in [6.07, 6.45) is 1.91. The second-order valence-electron chi connectivity index (χ2n) is 7.06. The molecule has 1 saturated heterocycles. The molecule has 3 heterocycles. The first-order valence-electron chi connectivity index (χ1n) is 9.48. The Labute approximate surface area is 181 Å². The number of likely N-dealkylation sites (tertiary alicyclic amines) is 1. The Morgan fingerprint density at radius 2 is 2.00 bits per heavy atom. The zero-order chi connectivity index (χ0) is 19.8. The summed E-state index contributed by atoms with van der Waals surface area (Å²) in [7, 11) is 0. The van der Waals surface area contributed by atoms with E-state index >= 15 is 0 Å². The number of benzene rings is 2. The molecule has 0 radical (unpaired) electrons. The molecular weight excluding hydrogens is 426 g/mol. The van der Waals surface area contributed by atoms with Crippen molar-refractivity contribution in [1.82, 2.24) is 14.9 Å². The Kier molecular flexibility index (Phi) is 5.20. The molecule has 1 fully saturated rings. The first kappa shape index (κ1) is 18.9. The molecule has 1 aliphatic heterocycles. The highest BCUT2D eigenvalue weighted by Gasteiger charge is 2.26. The molecule has 5 nitrogen and oxygen atoms in total. The molecular formula is C21H18ClN3O2S2. The predicted molar refractivity (Wildman–Crippen MR) is 118 cm³/mol. The molecule has 0 aliphatic carbocycles. The second kappa shape index (κ2) is 7.97. The van der Waals surface area contributed by atoms with Gasteiger partial charge in [0.15, 0.2) is 5.58 Å². The van der Waals surface area contributed by atoms with Crippen LogP contribution in [0.1, 0.15) is 23.8 Å². The lowest BCUT2D eigenvalue weighted by Gasteiger charge is -2.31. The summed E-state index contributed by atoms with van der Waals surface area (Å²) in [6, 6.07) is 13.6. The fourth-order valence-corrected chi connectivity index (χ4v) is 5.64. The van der Waals surface area contributed by atoms with Gasteiger partial charge in [0.25, 0.3) is 5.22 Å². The molecule has 29 heavy (non-hydrogen) atoms. The van der Waals surface area contributed by atoms with E-state index in [0.29, 0.717) is 33.0 Å². The van der Waals surface area contributed by atoms with Gasteiger partial charge in [0.2, 0.25) is 5.91 Å². The van der Waals surface area contributed by atoms with Gasteiger partial charge in [-0.2, -0.15) is 0 Å². The summed E-state index contributed by atoms with van der Waals surface area (Å²) in [5.74, 6) is 0.885. The van der Waals surface area contributed by atoms with Crippen molar-refractivity contribution in [2.24, 2.45) is 0 Å². The summed E-state index contributed by atoms with van der Waals surface area (Å²) in [5, 5.41) is 2.31. The predicted octanol–water partition coefficient (Wildman–Crippen LogP) is 5.59. The Hall–Kier alpha value is -2.09. The normalized spacial score (nSPS) is 15.4. The number of para-hydroxylation sites is 1. The molecule has 0 spiro atoms. The number of thiazole rings is 1. The molecule has 0 N–H and O–H groups in total. The molecule has 4 aromatic rings. The maximum absolute atomic E-state index is 12.6. The number of nitrogens with zero attached hydrogens (tertiary/aromatic N) is 3. The Morgan fingerprint density at radius 3 is 2.83 bits per heavy atom.